The molecule has 1 heterocycles. The van der Waals surface area contributed by atoms with E-state index in [0.717, 1.165) is 15.4 Å². The number of sulfonamides is 1. The minimum atomic E-state index is -4.13. The number of halogens is 1. The molecule has 0 aliphatic heterocycles. The molecule has 0 aliphatic carbocycles. The van der Waals surface area contributed by atoms with E-state index in [1.165, 1.54) is 18.2 Å². The molecule has 0 atom stereocenters. The van der Waals surface area contributed by atoms with Crippen LogP contribution in [-0.2, 0) is 21.4 Å². The van der Waals surface area contributed by atoms with E-state index in [1.54, 1.807) is 73.9 Å². The number of hydrogen-bond acceptors (Lipinski definition) is 5. The van der Waals surface area contributed by atoms with Gasteiger partial charge < -0.3 is 10.6 Å². The maximum absolute atomic E-state index is 13.7. The van der Waals surface area contributed by atoms with Gasteiger partial charge in [0.15, 0.2) is 0 Å². The first-order valence-corrected chi connectivity index (χ1v) is 13.9. The number of pyridine rings is 1. The summed E-state index contributed by atoms with van der Waals surface area (Å²) in [4.78, 5) is 30.3. The first-order valence-electron chi connectivity index (χ1n) is 12.1. The van der Waals surface area contributed by atoms with Crippen molar-refractivity contribution >= 4 is 44.8 Å². The quantitative estimate of drug-likeness (QED) is 0.294. The van der Waals surface area contributed by atoms with Gasteiger partial charge in [-0.15, -0.1) is 0 Å². The first kappa shape index (κ1) is 27.8. The minimum absolute atomic E-state index is 0.0375. The van der Waals surface area contributed by atoms with E-state index in [9.17, 15) is 18.0 Å². The van der Waals surface area contributed by atoms with E-state index in [1.807, 2.05) is 13.0 Å². The fourth-order valence-electron chi connectivity index (χ4n) is 3.88. The van der Waals surface area contributed by atoms with Gasteiger partial charge in [0.05, 0.1) is 21.8 Å². The zero-order valence-electron chi connectivity index (χ0n) is 21.4. The number of rotatable bonds is 9. The molecule has 3 aromatic carbocycles. The number of amides is 2. The normalized spacial score (nSPS) is 11.1. The largest absolute Gasteiger partial charge is 0.348 e. The second-order valence-electron chi connectivity index (χ2n) is 8.89. The number of aryl methyl sites for hydroxylation is 2. The lowest BCUT2D eigenvalue weighted by molar-refractivity contribution is -0.114. The Labute approximate surface area is 232 Å². The fourth-order valence-corrected chi connectivity index (χ4v) is 5.52. The van der Waals surface area contributed by atoms with Gasteiger partial charge in [-0.2, -0.15) is 0 Å². The van der Waals surface area contributed by atoms with Crippen molar-refractivity contribution in [3.63, 3.8) is 0 Å². The van der Waals surface area contributed by atoms with Gasteiger partial charge in [-0.1, -0.05) is 53.6 Å². The summed E-state index contributed by atoms with van der Waals surface area (Å²) >= 11 is 6.20. The lowest BCUT2D eigenvalue weighted by atomic mass is 10.1. The summed E-state index contributed by atoms with van der Waals surface area (Å²) in [5, 5.41) is 5.84. The Hall–Kier alpha value is -4.21. The van der Waals surface area contributed by atoms with Crippen LogP contribution >= 0.6 is 11.6 Å². The smallest absolute Gasteiger partial charge is 0.264 e. The van der Waals surface area contributed by atoms with Crippen LogP contribution in [0.2, 0.25) is 5.02 Å². The van der Waals surface area contributed by atoms with Crippen LogP contribution in [0.1, 0.15) is 27.0 Å². The average molecular weight is 563 g/mol. The molecule has 4 aromatic rings. The van der Waals surface area contributed by atoms with Crippen LogP contribution in [0.3, 0.4) is 0 Å². The summed E-state index contributed by atoms with van der Waals surface area (Å²) in [5.74, 6) is -1.03. The average Bonchev–Trinajstić information content (AvgIpc) is 2.93. The highest BCUT2D eigenvalue weighted by atomic mass is 35.5. The molecule has 10 heteroatoms. The molecular formula is C29H27ClN4O4S. The number of hydrogen-bond donors (Lipinski definition) is 2. The molecule has 2 amide bonds. The van der Waals surface area contributed by atoms with Crippen molar-refractivity contribution in [1.29, 1.82) is 0 Å². The predicted octanol–water partition coefficient (Wildman–Crippen LogP) is 5.12. The lowest BCUT2D eigenvalue weighted by Crippen LogP contribution is -2.39. The van der Waals surface area contributed by atoms with E-state index in [0.29, 0.717) is 10.6 Å². The third-order valence-electron chi connectivity index (χ3n) is 5.96. The van der Waals surface area contributed by atoms with Crippen molar-refractivity contribution in [2.75, 3.05) is 16.2 Å². The molecule has 0 spiro atoms. The molecule has 0 fully saturated rings. The number of benzene rings is 3. The van der Waals surface area contributed by atoms with E-state index in [4.69, 9.17) is 11.6 Å². The van der Waals surface area contributed by atoms with Crippen molar-refractivity contribution in [3.05, 3.63) is 119 Å². The molecule has 2 N–H and O–H groups in total. The number of nitrogens with zero attached hydrogens (tertiary/aromatic N) is 2. The standard InChI is InChI=1S/C29H27ClN4O4S/c1-20-9-13-24(14-10-20)39(37,38)34(27-16-23(30)12-11-21(27)2)19-28(35)33-26-8-4-3-7-25(26)29(36)32-18-22-6-5-15-31-17-22/h3-17H,18-19H2,1-2H3,(H,32,36)(H,33,35). The third kappa shape index (κ3) is 6.81. The van der Waals surface area contributed by atoms with Crippen molar-refractivity contribution in [2.45, 2.75) is 25.3 Å². The van der Waals surface area contributed by atoms with E-state index >= 15 is 0 Å². The van der Waals surface area contributed by atoms with Gasteiger partial charge in [-0.05, 0) is 67.4 Å². The van der Waals surface area contributed by atoms with E-state index in [-0.39, 0.29) is 28.4 Å². The molecule has 1 aromatic heterocycles. The lowest BCUT2D eigenvalue weighted by Gasteiger charge is -2.26. The van der Waals surface area contributed by atoms with Crippen LogP contribution in [0.25, 0.3) is 0 Å². The highest BCUT2D eigenvalue weighted by Gasteiger charge is 2.29. The molecule has 200 valence electrons. The Kier molecular flexibility index (Phi) is 8.63. The molecule has 8 nitrogen and oxygen atoms in total. The molecule has 4 rings (SSSR count). The van der Waals surface area contributed by atoms with Gasteiger partial charge in [0, 0.05) is 24.0 Å². The summed E-state index contributed by atoms with van der Waals surface area (Å²) in [6.45, 7) is 3.31. The second kappa shape index (κ2) is 12.1. The van der Waals surface area contributed by atoms with Crippen molar-refractivity contribution in [2.24, 2.45) is 0 Å². The maximum Gasteiger partial charge on any atom is 0.264 e. The van der Waals surface area contributed by atoms with Gasteiger partial charge in [0.2, 0.25) is 5.91 Å². The van der Waals surface area contributed by atoms with Crippen molar-refractivity contribution in [3.8, 4) is 0 Å². The molecule has 0 saturated carbocycles. The van der Waals surface area contributed by atoms with Crippen LogP contribution in [-0.4, -0.2) is 31.8 Å². The Bertz CT molecular complexity index is 1590. The predicted molar refractivity (Wildman–Crippen MR) is 152 cm³/mol. The van der Waals surface area contributed by atoms with Gasteiger partial charge in [0.1, 0.15) is 6.54 Å². The number of nitrogens with one attached hydrogen (secondary N) is 2. The Morgan fingerprint density at radius 1 is 0.949 bits per heavy atom. The van der Waals surface area contributed by atoms with Crippen LogP contribution in [0, 0.1) is 13.8 Å². The fraction of sp³-hybridized carbons (Fsp3) is 0.138. The van der Waals surface area contributed by atoms with Crippen molar-refractivity contribution < 1.29 is 18.0 Å². The maximum atomic E-state index is 13.7. The van der Waals surface area contributed by atoms with E-state index < -0.39 is 28.4 Å². The topological polar surface area (TPSA) is 108 Å². The zero-order chi connectivity index (χ0) is 28.0. The second-order valence-corrected chi connectivity index (χ2v) is 11.2. The molecule has 0 saturated heterocycles. The van der Waals surface area contributed by atoms with Gasteiger partial charge in [0.25, 0.3) is 15.9 Å². The van der Waals surface area contributed by atoms with E-state index in [2.05, 4.69) is 15.6 Å². The number of aromatic nitrogens is 1. The summed E-state index contributed by atoms with van der Waals surface area (Å²) in [6.07, 6.45) is 3.29. The Morgan fingerprint density at radius 3 is 2.41 bits per heavy atom. The summed E-state index contributed by atoms with van der Waals surface area (Å²) < 4.78 is 28.5. The molecule has 0 radical (unpaired) electrons. The number of carbonyl (C=O) groups excluding carboxylic acids is 2. The Balaban J connectivity index is 1.60. The van der Waals surface area contributed by atoms with Crippen LogP contribution in [0.5, 0.6) is 0 Å². The molecule has 0 unspecified atom stereocenters. The number of carbonyl (C=O) groups is 2. The number of para-hydroxylation sites is 1. The minimum Gasteiger partial charge on any atom is -0.348 e. The first-order chi connectivity index (χ1) is 18.6. The van der Waals surface area contributed by atoms with Gasteiger partial charge >= 0.3 is 0 Å². The van der Waals surface area contributed by atoms with Crippen molar-refractivity contribution in [1.82, 2.24) is 10.3 Å². The SMILES string of the molecule is Cc1ccc(S(=O)(=O)N(CC(=O)Nc2ccccc2C(=O)NCc2cccnc2)c2cc(Cl)ccc2C)cc1. The Morgan fingerprint density at radius 2 is 1.69 bits per heavy atom. The van der Waals surface area contributed by atoms with Gasteiger partial charge in [-0.25, -0.2) is 8.42 Å². The van der Waals surface area contributed by atoms with Crippen LogP contribution < -0.4 is 14.9 Å². The van der Waals surface area contributed by atoms with Crippen LogP contribution in [0.4, 0.5) is 11.4 Å². The summed E-state index contributed by atoms with van der Waals surface area (Å²) in [6, 6.07) is 21.4. The number of anilines is 2. The molecule has 0 aliphatic rings. The molecular weight excluding hydrogens is 536 g/mol. The molecule has 0 bridgehead atoms. The van der Waals surface area contributed by atoms with Crippen LogP contribution in [0.15, 0.2) is 96.2 Å². The summed E-state index contributed by atoms with van der Waals surface area (Å²) in [5.41, 5.74) is 3.11. The van der Waals surface area contributed by atoms with Gasteiger partial charge in [-0.3, -0.25) is 18.9 Å². The highest BCUT2D eigenvalue weighted by Crippen LogP contribution is 2.30. The highest BCUT2D eigenvalue weighted by molar-refractivity contribution is 7.92. The monoisotopic (exact) mass is 562 g/mol. The zero-order valence-corrected chi connectivity index (χ0v) is 23.0. The third-order valence-corrected chi connectivity index (χ3v) is 7.97. The molecule has 39 heavy (non-hydrogen) atoms. The summed E-state index contributed by atoms with van der Waals surface area (Å²) in [7, 11) is -4.13.